The Morgan fingerprint density at radius 2 is 1.85 bits per heavy atom. The molecule has 0 unspecified atom stereocenters. The zero-order valence-electron chi connectivity index (χ0n) is 8.59. The van der Waals surface area contributed by atoms with Crippen molar-refractivity contribution in [2.75, 3.05) is 11.5 Å². The van der Waals surface area contributed by atoms with E-state index in [-0.39, 0.29) is 0 Å². The van der Waals surface area contributed by atoms with Crippen LogP contribution in [0.1, 0.15) is 25.0 Å². The molecule has 0 aliphatic rings. The molecule has 0 aliphatic carbocycles. The largest absolute Gasteiger partial charge is 0.399 e. The molecule has 1 rings (SSSR count). The van der Waals surface area contributed by atoms with Crippen molar-refractivity contribution in [3.63, 3.8) is 0 Å². The molecule has 0 spiro atoms. The van der Waals surface area contributed by atoms with Crippen molar-refractivity contribution >= 4 is 11.4 Å². The highest BCUT2D eigenvalue weighted by Gasteiger charge is 2.05. The van der Waals surface area contributed by atoms with E-state index in [9.17, 15) is 0 Å². The quantitative estimate of drug-likeness (QED) is 0.683. The summed E-state index contributed by atoms with van der Waals surface area (Å²) in [5, 5.41) is 0. The first-order valence-electron chi connectivity index (χ1n) is 4.65. The minimum absolute atomic E-state index is 0.614. The Morgan fingerprint density at radius 3 is 2.38 bits per heavy atom. The zero-order valence-corrected chi connectivity index (χ0v) is 8.59. The molecule has 0 atom stereocenters. The highest BCUT2D eigenvalue weighted by Crippen LogP contribution is 2.23. The number of hydrogen-bond acceptors (Lipinski definition) is 2. The average Bonchev–Trinajstić information content (AvgIpc) is 1.98. The number of nitrogens with two attached hydrogens (primary N) is 2. The van der Waals surface area contributed by atoms with E-state index in [1.54, 1.807) is 0 Å². The summed E-state index contributed by atoms with van der Waals surface area (Å²) < 4.78 is 0. The molecule has 0 bridgehead atoms. The molecule has 0 radical (unpaired) electrons. The third kappa shape index (κ3) is 2.38. The van der Waals surface area contributed by atoms with Crippen molar-refractivity contribution in [2.24, 2.45) is 5.92 Å². The summed E-state index contributed by atoms with van der Waals surface area (Å²) in [6, 6.07) is 3.89. The molecule has 72 valence electrons. The number of aryl methyl sites for hydroxylation is 1. The first-order valence-corrected chi connectivity index (χ1v) is 4.65. The average molecular weight is 178 g/mol. The number of rotatable bonds is 2. The van der Waals surface area contributed by atoms with E-state index in [1.807, 2.05) is 19.1 Å². The van der Waals surface area contributed by atoms with Gasteiger partial charge in [0.1, 0.15) is 0 Å². The van der Waals surface area contributed by atoms with E-state index < -0.39 is 0 Å². The Balaban J connectivity index is 3.05. The lowest BCUT2D eigenvalue weighted by atomic mass is 9.98. The summed E-state index contributed by atoms with van der Waals surface area (Å²) in [5.74, 6) is 0.614. The van der Waals surface area contributed by atoms with Crippen molar-refractivity contribution in [3.8, 4) is 0 Å². The molecule has 2 heteroatoms. The van der Waals surface area contributed by atoms with Crippen LogP contribution in [0.5, 0.6) is 0 Å². The standard InChI is InChI=1S/C11H18N2/c1-7(2)4-9-6-10(12)5-8(3)11(9)13/h5-7H,4,12-13H2,1-3H3. The summed E-state index contributed by atoms with van der Waals surface area (Å²) in [6.07, 6.45) is 0.998. The van der Waals surface area contributed by atoms with Crippen LogP contribution in [0.4, 0.5) is 11.4 Å². The molecule has 1 aromatic rings. The Hall–Kier alpha value is -1.18. The van der Waals surface area contributed by atoms with E-state index in [0.717, 1.165) is 23.4 Å². The summed E-state index contributed by atoms with van der Waals surface area (Å²) >= 11 is 0. The third-order valence-corrected chi connectivity index (χ3v) is 2.12. The fourth-order valence-corrected chi connectivity index (χ4v) is 1.51. The smallest absolute Gasteiger partial charge is 0.0377 e. The van der Waals surface area contributed by atoms with Gasteiger partial charge in [0.25, 0.3) is 0 Å². The highest BCUT2D eigenvalue weighted by atomic mass is 14.6. The number of nitrogen functional groups attached to an aromatic ring is 2. The van der Waals surface area contributed by atoms with Gasteiger partial charge in [0.2, 0.25) is 0 Å². The van der Waals surface area contributed by atoms with Gasteiger partial charge in [-0.1, -0.05) is 13.8 Å². The predicted octanol–water partition coefficient (Wildman–Crippen LogP) is 2.36. The summed E-state index contributed by atoms with van der Waals surface area (Å²) in [5.41, 5.74) is 15.6. The van der Waals surface area contributed by atoms with Gasteiger partial charge in [-0.25, -0.2) is 0 Å². The molecule has 0 aliphatic heterocycles. The molecule has 0 fully saturated rings. The van der Waals surface area contributed by atoms with Crippen molar-refractivity contribution in [1.82, 2.24) is 0 Å². The minimum Gasteiger partial charge on any atom is -0.399 e. The molecule has 4 N–H and O–H groups in total. The Bertz CT molecular complexity index is 303. The van der Waals surface area contributed by atoms with Gasteiger partial charge in [-0.05, 0) is 42.5 Å². The van der Waals surface area contributed by atoms with Gasteiger partial charge < -0.3 is 11.5 Å². The van der Waals surface area contributed by atoms with Crippen LogP contribution >= 0.6 is 0 Å². The monoisotopic (exact) mass is 178 g/mol. The topological polar surface area (TPSA) is 52.0 Å². The summed E-state index contributed by atoms with van der Waals surface area (Å²) in [6.45, 7) is 6.35. The molecule has 1 aromatic carbocycles. The van der Waals surface area contributed by atoms with E-state index in [4.69, 9.17) is 11.5 Å². The van der Waals surface area contributed by atoms with Crippen molar-refractivity contribution in [3.05, 3.63) is 23.3 Å². The molecule has 0 saturated carbocycles. The number of hydrogen-bond donors (Lipinski definition) is 2. The predicted molar refractivity (Wildman–Crippen MR) is 58.5 cm³/mol. The summed E-state index contributed by atoms with van der Waals surface area (Å²) in [4.78, 5) is 0. The molecular formula is C11H18N2. The van der Waals surface area contributed by atoms with Gasteiger partial charge in [-0.2, -0.15) is 0 Å². The Kier molecular flexibility index (Phi) is 2.81. The second kappa shape index (κ2) is 3.69. The van der Waals surface area contributed by atoms with Crippen LogP contribution in [0.2, 0.25) is 0 Å². The van der Waals surface area contributed by atoms with Crippen LogP contribution in [0.25, 0.3) is 0 Å². The minimum atomic E-state index is 0.614. The molecule has 0 aromatic heterocycles. The first kappa shape index (κ1) is 9.90. The molecule has 2 nitrogen and oxygen atoms in total. The van der Waals surface area contributed by atoms with Crippen molar-refractivity contribution < 1.29 is 0 Å². The molecule has 0 heterocycles. The maximum absolute atomic E-state index is 5.94. The number of benzene rings is 1. The van der Waals surface area contributed by atoms with Crippen LogP contribution in [0, 0.1) is 12.8 Å². The van der Waals surface area contributed by atoms with E-state index in [1.165, 1.54) is 5.56 Å². The summed E-state index contributed by atoms with van der Waals surface area (Å²) in [7, 11) is 0. The zero-order chi connectivity index (χ0) is 10.0. The van der Waals surface area contributed by atoms with Crippen LogP contribution in [-0.4, -0.2) is 0 Å². The maximum Gasteiger partial charge on any atom is 0.0377 e. The lowest BCUT2D eigenvalue weighted by Gasteiger charge is -2.11. The van der Waals surface area contributed by atoms with Crippen molar-refractivity contribution in [1.29, 1.82) is 0 Å². The normalized spacial score (nSPS) is 10.8. The first-order chi connectivity index (χ1) is 6.00. The lowest BCUT2D eigenvalue weighted by Crippen LogP contribution is -2.03. The molecule has 0 amide bonds. The molecule has 0 saturated heterocycles. The highest BCUT2D eigenvalue weighted by molar-refractivity contribution is 5.60. The Morgan fingerprint density at radius 1 is 1.23 bits per heavy atom. The van der Waals surface area contributed by atoms with Gasteiger partial charge in [0.05, 0.1) is 0 Å². The van der Waals surface area contributed by atoms with Gasteiger partial charge >= 0.3 is 0 Å². The number of anilines is 2. The second-order valence-electron chi connectivity index (χ2n) is 4.01. The van der Waals surface area contributed by atoms with Gasteiger partial charge in [-0.15, -0.1) is 0 Å². The van der Waals surface area contributed by atoms with Crippen molar-refractivity contribution in [2.45, 2.75) is 27.2 Å². The van der Waals surface area contributed by atoms with Crippen LogP contribution in [0.15, 0.2) is 12.1 Å². The van der Waals surface area contributed by atoms with Gasteiger partial charge in [0, 0.05) is 11.4 Å². The fourth-order valence-electron chi connectivity index (χ4n) is 1.51. The third-order valence-electron chi connectivity index (χ3n) is 2.12. The van der Waals surface area contributed by atoms with E-state index in [0.29, 0.717) is 5.92 Å². The van der Waals surface area contributed by atoms with E-state index in [2.05, 4.69) is 13.8 Å². The van der Waals surface area contributed by atoms with Crippen LogP contribution in [0.3, 0.4) is 0 Å². The van der Waals surface area contributed by atoms with E-state index >= 15 is 0 Å². The van der Waals surface area contributed by atoms with Gasteiger partial charge in [-0.3, -0.25) is 0 Å². The van der Waals surface area contributed by atoms with Crippen LogP contribution < -0.4 is 11.5 Å². The van der Waals surface area contributed by atoms with Gasteiger partial charge in [0.15, 0.2) is 0 Å². The SMILES string of the molecule is Cc1cc(N)cc(CC(C)C)c1N. The molecule has 13 heavy (non-hydrogen) atoms. The lowest BCUT2D eigenvalue weighted by molar-refractivity contribution is 0.648. The molecular weight excluding hydrogens is 160 g/mol. The maximum atomic E-state index is 5.94. The second-order valence-corrected chi connectivity index (χ2v) is 4.01. The fraction of sp³-hybridized carbons (Fsp3) is 0.455. The van der Waals surface area contributed by atoms with Crippen LogP contribution in [-0.2, 0) is 6.42 Å². The Labute approximate surface area is 79.9 Å².